The third-order valence-corrected chi connectivity index (χ3v) is 14.2. The Labute approximate surface area is 381 Å². The lowest BCUT2D eigenvalue weighted by atomic mass is 9.90. The number of aromatic nitrogens is 2. The zero-order chi connectivity index (χ0) is 46.0. The van der Waals surface area contributed by atoms with E-state index in [0.717, 1.165) is 48.2 Å². The van der Waals surface area contributed by atoms with Gasteiger partial charge in [0.1, 0.15) is 17.9 Å². The molecule has 340 valence electrons. The van der Waals surface area contributed by atoms with Gasteiger partial charge < -0.3 is 34.9 Å². The molecule has 2 saturated heterocycles. The van der Waals surface area contributed by atoms with Crippen molar-refractivity contribution >= 4 is 35.4 Å². The van der Waals surface area contributed by atoms with Crippen LogP contribution >= 0.6 is 0 Å². The van der Waals surface area contributed by atoms with E-state index in [9.17, 15) is 19.2 Å². The Bertz CT molecular complexity index is 2790. The molecule has 0 unspecified atom stereocenters. The van der Waals surface area contributed by atoms with Gasteiger partial charge in [-0.25, -0.2) is 14.6 Å². The van der Waals surface area contributed by atoms with Gasteiger partial charge in [-0.3, -0.25) is 14.6 Å². The molecular formula is C51H51F2N7O6. The van der Waals surface area contributed by atoms with Crippen LogP contribution in [-0.4, -0.2) is 88.4 Å². The highest BCUT2D eigenvalue weighted by Gasteiger charge is 2.52. The number of aromatic amines is 1. The van der Waals surface area contributed by atoms with Crippen molar-refractivity contribution in [2.45, 2.75) is 88.5 Å². The van der Waals surface area contributed by atoms with Crippen molar-refractivity contribution in [1.29, 1.82) is 0 Å². The van der Waals surface area contributed by atoms with Crippen LogP contribution in [0, 0.1) is 11.8 Å². The first-order chi connectivity index (χ1) is 31.8. The maximum atomic E-state index is 16.7. The van der Waals surface area contributed by atoms with Crippen LogP contribution in [0.25, 0.3) is 33.5 Å². The molecule has 2 bridgehead atoms. The SMILES string of the molecule is COC(=O)N[C@H](C(=O)N1CCC[C@H]1c1ncc(-c2ccc3c(c2)C(F)(F)c2cc(-c4ccc5c(c4)CC([C@@H]4[C@H]6CC[C@H](C6)N4C(=O)[C@H](NC(=O)OC)c4ccccc4)=N5)ccc2-3)[nH]1)C(C)C. The number of aliphatic imine (C=N–C) groups is 1. The number of halogens is 2. The number of likely N-dealkylation sites (tertiary alicyclic amines) is 2. The number of carbonyl (C=O) groups is 4. The molecule has 3 aliphatic heterocycles. The largest absolute Gasteiger partial charge is 0.453 e. The number of hydrogen-bond donors (Lipinski definition) is 3. The van der Waals surface area contributed by atoms with Crippen LogP contribution in [0.5, 0.6) is 0 Å². The summed E-state index contributed by atoms with van der Waals surface area (Å²) in [6, 6.07) is 23.1. The molecule has 4 amide bonds. The van der Waals surface area contributed by atoms with Gasteiger partial charge in [-0.15, -0.1) is 0 Å². The molecule has 5 aliphatic rings. The summed E-state index contributed by atoms with van der Waals surface area (Å²) >= 11 is 0. The van der Waals surface area contributed by atoms with Crippen molar-refractivity contribution in [3.05, 3.63) is 119 Å². The second kappa shape index (κ2) is 16.8. The average molecular weight is 896 g/mol. The minimum atomic E-state index is -3.28. The van der Waals surface area contributed by atoms with E-state index in [4.69, 9.17) is 14.5 Å². The predicted octanol–water partition coefficient (Wildman–Crippen LogP) is 9.01. The summed E-state index contributed by atoms with van der Waals surface area (Å²) in [6.07, 6.45) is 4.91. The van der Waals surface area contributed by atoms with Crippen LogP contribution in [0.3, 0.4) is 0 Å². The summed E-state index contributed by atoms with van der Waals surface area (Å²) in [4.78, 5) is 69.3. The standard InChI is InChI=1S/C51H51F2N7O6/c1-27(2)43(57-49(63)65-3)47(61)59-20-8-11-42(59)46-54-26-41(56-46)31-14-18-36-35-17-13-30(23-37(35)51(52,53)38(36)24-31)29-15-19-39-33(21-29)25-40(55-39)45-32-12-16-34(22-32)60(45)48(62)44(58-50(64)66-4)28-9-6-5-7-10-28/h5-7,9-10,13-15,17-19,21,23-24,26-27,32,34,42-45H,8,11-12,16,20,22,25H2,1-4H3,(H,54,56)(H,57,63)(H,58,64)/t32-,34+,42-,43-,44+,45-/m0/s1. The summed E-state index contributed by atoms with van der Waals surface area (Å²) in [5, 5.41) is 5.42. The molecule has 4 aromatic carbocycles. The summed E-state index contributed by atoms with van der Waals surface area (Å²) in [7, 11) is 2.53. The third-order valence-electron chi connectivity index (χ3n) is 14.2. The summed E-state index contributed by atoms with van der Waals surface area (Å²) in [5.41, 5.74) is 6.64. The zero-order valence-electron chi connectivity index (χ0n) is 37.1. The van der Waals surface area contributed by atoms with E-state index in [0.29, 0.717) is 58.7 Å². The molecule has 1 saturated carbocycles. The van der Waals surface area contributed by atoms with Crippen molar-refractivity contribution in [2.24, 2.45) is 16.8 Å². The van der Waals surface area contributed by atoms with Gasteiger partial charge in [0.2, 0.25) is 5.91 Å². The van der Waals surface area contributed by atoms with Crippen LogP contribution in [0.4, 0.5) is 24.1 Å². The first-order valence-corrected chi connectivity index (χ1v) is 22.6. The van der Waals surface area contributed by atoms with Gasteiger partial charge in [-0.1, -0.05) is 74.5 Å². The van der Waals surface area contributed by atoms with Crippen molar-refractivity contribution in [1.82, 2.24) is 30.4 Å². The molecule has 3 fully saturated rings. The molecule has 10 rings (SSSR count). The van der Waals surface area contributed by atoms with Gasteiger partial charge >= 0.3 is 12.2 Å². The zero-order valence-corrected chi connectivity index (χ0v) is 37.1. The number of hydrogen-bond acceptors (Lipinski definition) is 8. The Morgan fingerprint density at radius 1 is 0.818 bits per heavy atom. The van der Waals surface area contributed by atoms with Crippen LogP contribution < -0.4 is 10.6 Å². The number of ether oxygens (including phenoxy) is 2. The van der Waals surface area contributed by atoms with E-state index < -0.39 is 30.2 Å². The molecule has 6 atom stereocenters. The average Bonchev–Trinajstić information content (AvgIpc) is 4.21. The number of alkyl carbamates (subject to hydrolysis) is 2. The number of alkyl halides is 2. The highest BCUT2D eigenvalue weighted by atomic mass is 19.3. The number of benzene rings is 4. The quantitative estimate of drug-likeness (QED) is 0.126. The Morgan fingerprint density at radius 2 is 1.50 bits per heavy atom. The topological polar surface area (TPSA) is 158 Å². The maximum Gasteiger partial charge on any atom is 0.407 e. The molecule has 3 N–H and O–H groups in total. The first kappa shape index (κ1) is 43.0. The normalized spacial score (nSPS) is 21.8. The second-order valence-corrected chi connectivity index (χ2v) is 18.3. The predicted molar refractivity (Wildman–Crippen MR) is 243 cm³/mol. The Kier molecular flexibility index (Phi) is 11.0. The summed E-state index contributed by atoms with van der Waals surface area (Å²) < 4.78 is 43.0. The number of rotatable bonds is 10. The first-order valence-electron chi connectivity index (χ1n) is 22.6. The van der Waals surface area contributed by atoms with Gasteiger partial charge in [0, 0.05) is 41.4 Å². The molecule has 2 aliphatic carbocycles. The molecule has 66 heavy (non-hydrogen) atoms. The number of nitrogens with zero attached hydrogens (tertiary/aromatic N) is 4. The molecule has 13 nitrogen and oxygen atoms in total. The number of methoxy groups -OCH3 is 2. The molecule has 0 radical (unpaired) electrons. The minimum absolute atomic E-state index is 0.0346. The fourth-order valence-electron chi connectivity index (χ4n) is 11.0. The van der Waals surface area contributed by atoms with E-state index in [-0.39, 0.29) is 52.9 Å². The smallest absolute Gasteiger partial charge is 0.407 e. The van der Waals surface area contributed by atoms with Crippen LogP contribution in [-0.2, 0) is 31.4 Å². The summed E-state index contributed by atoms with van der Waals surface area (Å²) in [6.45, 7) is 4.20. The molecule has 5 aromatic rings. The number of H-pyrrole nitrogens is 1. The second-order valence-electron chi connectivity index (χ2n) is 18.3. The summed E-state index contributed by atoms with van der Waals surface area (Å²) in [5.74, 6) is -3.10. The van der Waals surface area contributed by atoms with Gasteiger partial charge in [0.15, 0.2) is 0 Å². The van der Waals surface area contributed by atoms with Crippen LogP contribution in [0.1, 0.15) is 86.1 Å². The van der Waals surface area contributed by atoms with Crippen molar-refractivity contribution in [2.75, 3.05) is 20.8 Å². The molecule has 15 heteroatoms. The van der Waals surface area contributed by atoms with Crippen molar-refractivity contribution in [3.8, 4) is 33.5 Å². The van der Waals surface area contributed by atoms with E-state index >= 15 is 8.78 Å². The number of imidazole rings is 1. The number of piperidine rings is 1. The fourth-order valence-corrected chi connectivity index (χ4v) is 11.0. The van der Waals surface area contributed by atoms with Gasteiger partial charge in [0.25, 0.3) is 11.8 Å². The lowest BCUT2D eigenvalue weighted by Gasteiger charge is -2.37. The van der Waals surface area contributed by atoms with Gasteiger partial charge in [-0.05, 0) is 102 Å². The minimum Gasteiger partial charge on any atom is -0.453 e. The van der Waals surface area contributed by atoms with E-state index in [1.807, 2.05) is 79.4 Å². The molecular weight excluding hydrogens is 845 g/mol. The molecule has 0 spiro atoms. The molecule has 1 aromatic heterocycles. The number of carbonyl (C=O) groups excluding carboxylic acids is 4. The molecule has 4 heterocycles. The van der Waals surface area contributed by atoms with Gasteiger partial charge in [-0.2, -0.15) is 8.78 Å². The third kappa shape index (κ3) is 7.37. The van der Waals surface area contributed by atoms with Crippen molar-refractivity contribution in [3.63, 3.8) is 0 Å². The lowest BCUT2D eigenvalue weighted by molar-refractivity contribution is -0.136. The highest BCUT2D eigenvalue weighted by Crippen LogP contribution is 2.53. The monoisotopic (exact) mass is 895 g/mol. The van der Waals surface area contributed by atoms with E-state index in [2.05, 4.69) is 20.6 Å². The maximum absolute atomic E-state index is 16.7. The highest BCUT2D eigenvalue weighted by molar-refractivity contribution is 6.02. The van der Waals surface area contributed by atoms with E-state index in [1.54, 1.807) is 29.3 Å². The van der Waals surface area contributed by atoms with Gasteiger partial charge in [0.05, 0.1) is 43.9 Å². The Morgan fingerprint density at radius 3 is 2.23 bits per heavy atom. The number of nitrogens with one attached hydrogen (secondary N) is 3. The van der Waals surface area contributed by atoms with E-state index in [1.165, 1.54) is 20.3 Å². The lowest BCUT2D eigenvalue weighted by Crippen LogP contribution is -2.53. The fraction of sp³-hybridized carbons (Fsp3) is 0.373. The number of fused-ring (bicyclic) bond motifs is 6. The van der Waals surface area contributed by atoms with Crippen LogP contribution in [0.15, 0.2) is 96.1 Å². The Hall–Kier alpha value is -6.90. The number of amides is 4. The Balaban J connectivity index is 0.865. The van der Waals surface area contributed by atoms with Crippen LogP contribution in [0.2, 0.25) is 0 Å². The van der Waals surface area contributed by atoms with Crippen molar-refractivity contribution < 1.29 is 37.4 Å².